The Kier molecular flexibility index (Phi) is 5.79. The predicted molar refractivity (Wildman–Crippen MR) is 74.8 cm³/mol. The van der Waals surface area contributed by atoms with E-state index in [-0.39, 0.29) is 12.3 Å². The van der Waals surface area contributed by atoms with Gasteiger partial charge in [-0.05, 0) is 25.1 Å². The number of esters is 1. The first-order chi connectivity index (χ1) is 8.95. The highest BCUT2D eigenvalue weighted by Gasteiger charge is 2.17. The Balaban J connectivity index is 2.89. The Labute approximate surface area is 120 Å². The number of nitrogens with one attached hydrogen (secondary N) is 1. The third-order valence-corrected chi connectivity index (χ3v) is 2.76. The molecule has 102 valence electrons. The molecular weight excluding hydrogens is 291 g/mol. The number of carbonyl (C=O) groups excluding carboxylic acids is 2. The highest BCUT2D eigenvalue weighted by molar-refractivity contribution is 6.64. The smallest absolute Gasteiger partial charge is 0.362 e. The van der Waals surface area contributed by atoms with Gasteiger partial charge >= 0.3 is 5.97 Å². The molecule has 0 atom stereocenters. The van der Waals surface area contributed by atoms with Crippen molar-refractivity contribution in [2.24, 2.45) is 5.10 Å². The Bertz CT molecular complexity index is 530. The van der Waals surface area contributed by atoms with Crippen molar-refractivity contribution in [3.8, 4) is 0 Å². The normalized spacial score (nSPS) is 11.1. The topological polar surface area (TPSA) is 67.8 Å². The van der Waals surface area contributed by atoms with Crippen molar-refractivity contribution in [1.29, 1.82) is 0 Å². The van der Waals surface area contributed by atoms with Crippen molar-refractivity contribution < 1.29 is 14.3 Å². The molecule has 1 rings (SSSR count). The van der Waals surface area contributed by atoms with Crippen molar-refractivity contribution in [2.75, 3.05) is 12.0 Å². The van der Waals surface area contributed by atoms with Gasteiger partial charge < -0.3 is 4.74 Å². The molecule has 0 spiro atoms. The highest BCUT2D eigenvalue weighted by Crippen LogP contribution is 2.24. The monoisotopic (exact) mass is 302 g/mol. The number of hydrogen-bond donors (Lipinski definition) is 1. The number of hydrazone groups is 1. The second kappa shape index (κ2) is 7.11. The molecule has 1 aromatic rings. The fourth-order valence-corrected chi connectivity index (χ4v) is 1.45. The van der Waals surface area contributed by atoms with E-state index in [1.807, 2.05) is 0 Å². The standard InChI is InChI=1S/C12H12Cl2N2O3/c1-3-19-12(18)11(7(2)17)16-15-8-4-5-9(13)10(14)6-8/h4-6,15H,3H2,1-2H3. The van der Waals surface area contributed by atoms with Gasteiger partial charge in [-0.1, -0.05) is 23.2 Å². The molecule has 0 radical (unpaired) electrons. The number of benzene rings is 1. The van der Waals surface area contributed by atoms with E-state index in [2.05, 4.69) is 10.5 Å². The third kappa shape index (κ3) is 4.54. The summed E-state index contributed by atoms with van der Waals surface area (Å²) in [6.07, 6.45) is 0. The minimum Gasteiger partial charge on any atom is -0.461 e. The summed E-state index contributed by atoms with van der Waals surface area (Å²) in [5, 5.41) is 4.46. The summed E-state index contributed by atoms with van der Waals surface area (Å²) in [5.74, 6) is -1.27. The molecule has 0 saturated heterocycles. The quantitative estimate of drug-likeness (QED) is 0.393. The van der Waals surface area contributed by atoms with Gasteiger partial charge in [0.15, 0.2) is 5.78 Å². The Hall–Kier alpha value is -1.59. The lowest BCUT2D eigenvalue weighted by Gasteiger charge is -2.05. The molecule has 0 fully saturated rings. The molecule has 0 bridgehead atoms. The number of rotatable bonds is 5. The zero-order valence-corrected chi connectivity index (χ0v) is 11.9. The maximum Gasteiger partial charge on any atom is 0.362 e. The number of ether oxygens (including phenoxy) is 1. The first-order valence-corrected chi connectivity index (χ1v) is 6.18. The van der Waals surface area contributed by atoms with Crippen LogP contribution in [0.3, 0.4) is 0 Å². The zero-order chi connectivity index (χ0) is 14.4. The SMILES string of the molecule is CCOC(=O)C(=NNc1ccc(Cl)c(Cl)c1)C(C)=O. The first kappa shape index (κ1) is 15.5. The first-order valence-electron chi connectivity index (χ1n) is 5.42. The molecule has 19 heavy (non-hydrogen) atoms. The van der Waals surface area contributed by atoms with E-state index >= 15 is 0 Å². The minimum atomic E-state index is -0.775. The maximum atomic E-state index is 11.5. The Morgan fingerprint density at radius 2 is 2.00 bits per heavy atom. The van der Waals surface area contributed by atoms with Gasteiger partial charge in [0.25, 0.3) is 0 Å². The minimum absolute atomic E-state index is 0.165. The molecule has 5 nitrogen and oxygen atoms in total. The molecule has 0 aliphatic rings. The highest BCUT2D eigenvalue weighted by atomic mass is 35.5. The van der Waals surface area contributed by atoms with Crippen LogP contribution in [-0.2, 0) is 14.3 Å². The van der Waals surface area contributed by atoms with E-state index in [1.165, 1.54) is 13.0 Å². The lowest BCUT2D eigenvalue weighted by molar-refractivity contribution is -0.135. The summed E-state index contributed by atoms with van der Waals surface area (Å²) in [7, 11) is 0. The number of halogens is 2. The molecule has 1 aromatic carbocycles. The third-order valence-electron chi connectivity index (χ3n) is 2.02. The van der Waals surface area contributed by atoms with Gasteiger partial charge in [0, 0.05) is 6.92 Å². The van der Waals surface area contributed by atoms with Crippen LogP contribution in [0.1, 0.15) is 13.8 Å². The van der Waals surface area contributed by atoms with Crippen LogP contribution in [0.2, 0.25) is 10.0 Å². The van der Waals surface area contributed by atoms with Gasteiger partial charge in [-0.25, -0.2) is 4.79 Å². The molecule has 7 heteroatoms. The maximum absolute atomic E-state index is 11.5. The van der Waals surface area contributed by atoms with Crippen LogP contribution in [0.25, 0.3) is 0 Å². The summed E-state index contributed by atoms with van der Waals surface area (Å²) in [5.41, 5.74) is 2.74. The summed E-state index contributed by atoms with van der Waals surface area (Å²) in [6, 6.07) is 4.70. The lowest BCUT2D eigenvalue weighted by atomic mass is 10.3. The van der Waals surface area contributed by atoms with E-state index in [0.717, 1.165) is 0 Å². The molecule has 0 unspecified atom stereocenters. The number of anilines is 1. The van der Waals surface area contributed by atoms with Crippen LogP contribution in [0.4, 0.5) is 5.69 Å². The van der Waals surface area contributed by atoms with E-state index in [4.69, 9.17) is 27.9 Å². The van der Waals surface area contributed by atoms with E-state index in [9.17, 15) is 9.59 Å². The van der Waals surface area contributed by atoms with Crippen LogP contribution < -0.4 is 5.43 Å². The molecule has 0 heterocycles. The van der Waals surface area contributed by atoms with Gasteiger partial charge in [0.1, 0.15) is 0 Å². The van der Waals surface area contributed by atoms with Crippen molar-refractivity contribution in [3.05, 3.63) is 28.2 Å². The Morgan fingerprint density at radius 1 is 1.32 bits per heavy atom. The second-order valence-corrected chi connectivity index (χ2v) is 4.29. The van der Waals surface area contributed by atoms with Gasteiger partial charge in [0.05, 0.1) is 22.3 Å². The molecule has 0 aliphatic heterocycles. The Morgan fingerprint density at radius 3 is 2.53 bits per heavy atom. The summed E-state index contributed by atoms with van der Waals surface area (Å²) in [4.78, 5) is 22.7. The van der Waals surface area contributed by atoms with E-state index in [0.29, 0.717) is 15.7 Å². The van der Waals surface area contributed by atoms with Crippen molar-refractivity contribution in [1.82, 2.24) is 0 Å². The molecule has 0 saturated carbocycles. The summed E-state index contributed by atoms with van der Waals surface area (Å²) in [6.45, 7) is 3.03. The largest absolute Gasteiger partial charge is 0.461 e. The van der Waals surface area contributed by atoms with Crippen molar-refractivity contribution in [3.63, 3.8) is 0 Å². The van der Waals surface area contributed by atoms with Gasteiger partial charge in [-0.2, -0.15) is 5.10 Å². The lowest BCUT2D eigenvalue weighted by Crippen LogP contribution is -2.25. The summed E-state index contributed by atoms with van der Waals surface area (Å²) >= 11 is 11.6. The van der Waals surface area contributed by atoms with Gasteiger partial charge in [0.2, 0.25) is 5.71 Å². The molecule has 0 aliphatic carbocycles. The number of Topliss-reactive ketones (excluding diaryl/α,β-unsaturated/α-hetero) is 1. The van der Waals surface area contributed by atoms with Crippen LogP contribution in [0, 0.1) is 0 Å². The number of nitrogens with zero attached hydrogens (tertiary/aromatic N) is 1. The van der Waals surface area contributed by atoms with E-state index in [1.54, 1.807) is 19.1 Å². The zero-order valence-electron chi connectivity index (χ0n) is 10.4. The van der Waals surface area contributed by atoms with Crippen molar-refractivity contribution in [2.45, 2.75) is 13.8 Å². The fourth-order valence-electron chi connectivity index (χ4n) is 1.15. The number of carbonyl (C=O) groups is 2. The fraction of sp³-hybridized carbons (Fsp3) is 0.250. The average Bonchev–Trinajstić information content (AvgIpc) is 2.33. The molecule has 0 amide bonds. The second-order valence-electron chi connectivity index (χ2n) is 3.48. The predicted octanol–water partition coefficient (Wildman–Crippen LogP) is 2.91. The summed E-state index contributed by atoms with van der Waals surface area (Å²) < 4.78 is 4.72. The van der Waals surface area contributed by atoms with Gasteiger partial charge in [-0.3, -0.25) is 10.2 Å². The molecular formula is C12H12Cl2N2O3. The van der Waals surface area contributed by atoms with Gasteiger partial charge in [-0.15, -0.1) is 0 Å². The van der Waals surface area contributed by atoms with Crippen LogP contribution >= 0.6 is 23.2 Å². The van der Waals surface area contributed by atoms with Crippen LogP contribution in [-0.4, -0.2) is 24.1 Å². The van der Waals surface area contributed by atoms with Crippen LogP contribution in [0.5, 0.6) is 0 Å². The number of ketones is 1. The van der Waals surface area contributed by atoms with Crippen molar-refractivity contribution >= 4 is 46.4 Å². The average molecular weight is 303 g/mol. The molecule has 0 aromatic heterocycles. The van der Waals surface area contributed by atoms with Crippen LogP contribution in [0.15, 0.2) is 23.3 Å². The number of hydrogen-bond acceptors (Lipinski definition) is 5. The molecule has 1 N–H and O–H groups in total. The van der Waals surface area contributed by atoms with E-state index < -0.39 is 11.8 Å².